The molecular formula is C11H11BrN+. The first-order valence-electron chi connectivity index (χ1n) is 4.35. The molecule has 0 bridgehead atoms. The normalized spacial score (nSPS) is 10.5. The lowest BCUT2D eigenvalue weighted by Gasteiger charge is -1.97. The molecular weight excluding hydrogens is 226 g/mol. The lowest BCUT2D eigenvalue weighted by Crippen LogP contribution is -2.34. The lowest BCUT2D eigenvalue weighted by atomic mass is 10.2. The Balaban J connectivity index is 2.61. The minimum Gasteiger partial charge on any atom is -0.197 e. The number of para-hydroxylation sites is 1. The van der Waals surface area contributed by atoms with Gasteiger partial charge in [-0.1, -0.05) is 28.1 Å². The van der Waals surface area contributed by atoms with Gasteiger partial charge >= 0.3 is 0 Å². The van der Waals surface area contributed by atoms with Gasteiger partial charge in [0.05, 0.1) is 5.33 Å². The van der Waals surface area contributed by atoms with Gasteiger partial charge < -0.3 is 0 Å². The summed E-state index contributed by atoms with van der Waals surface area (Å²) in [6, 6.07) is 12.7. The molecule has 2 aromatic rings. The van der Waals surface area contributed by atoms with Crippen LogP contribution in [0.2, 0.25) is 0 Å². The highest BCUT2D eigenvalue weighted by molar-refractivity contribution is 9.09. The van der Waals surface area contributed by atoms with E-state index in [9.17, 15) is 0 Å². The molecule has 0 spiro atoms. The number of aryl methyl sites for hydroxylation is 1. The van der Waals surface area contributed by atoms with Crippen molar-refractivity contribution in [1.82, 2.24) is 0 Å². The van der Waals surface area contributed by atoms with Crippen molar-refractivity contribution >= 4 is 26.8 Å². The maximum Gasteiger partial charge on any atom is 0.212 e. The van der Waals surface area contributed by atoms with Crippen LogP contribution in [0.25, 0.3) is 10.9 Å². The molecule has 1 nitrogen and oxygen atoms in total. The Morgan fingerprint density at radius 3 is 2.69 bits per heavy atom. The molecule has 0 amide bonds. The number of pyridine rings is 1. The topological polar surface area (TPSA) is 3.88 Å². The third-order valence-corrected chi connectivity index (χ3v) is 2.47. The van der Waals surface area contributed by atoms with Crippen LogP contribution in [-0.2, 0) is 6.54 Å². The molecule has 66 valence electrons. The molecule has 13 heavy (non-hydrogen) atoms. The number of alkyl halides is 1. The minimum atomic E-state index is 0.992. The van der Waals surface area contributed by atoms with E-state index in [-0.39, 0.29) is 0 Å². The van der Waals surface area contributed by atoms with Crippen molar-refractivity contribution in [3.05, 3.63) is 42.6 Å². The molecule has 0 aliphatic carbocycles. The second-order valence-corrected chi connectivity index (χ2v) is 3.74. The van der Waals surface area contributed by atoms with Crippen molar-refractivity contribution in [3.8, 4) is 0 Å². The number of nitrogens with zero attached hydrogens (tertiary/aromatic N) is 1. The smallest absolute Gasteiger partial charge is 0.197 e. The van der Waals surface area contributed by atoms with Gasteiger partial charge in [-0.25, -0.2) is 0 Å². The molecule has 0 aliphatic rings. The highest BCUT2D eigenvalue weighted by Crippen LogP contribution is 2.07. The summed E-state index contributed by atoms with van der Waals surface area (Å²) in [7, 11) is 0. The summed E-state index contributed by atoms with van der Waals surface area (Å²) in [5.74, 6) is 0. The predicted molar refractivity (Wildman–Crippen MR) is 57.9 cm³/mol. The van der Waals surface area contributed by atoms with Gasteiger partial charge in [0, 0.05) is 17.5 Å². The van der Waals surface area contributed by atoms with Gasteiger partial charge in [0.2, 0.25) is 5.52 Å². The van der Waals surface area contributed by atoms with Gasteiger partial charge in [0.1, 0.15) is 0 Å². The third-order valence-electron chi connectivity index (χ3n) is 2.11. The average molecular weight is 237 g/mol. The second kappa shape index (κ2) is 3.88. The van der Waals surface area contributed by atoms with E-state index >= 15 is 0 Å². The lowest BCUT2D eigenvalue weighted by molar-refractivity contribution is -0.666. The van der Waals surface area contributed by atoms with Crippen LogP contribution in [0.4, 0.5) is 0 Å². The van der Waals surface area contributed by atoms with Crippen molar-refractivity contribution in [2.24, 2.45) is 0 Å². The molecule has 0 radical (unpaired) electrons. The standard InChI is InChI=1S/C11H11BrN/c12-7-9-13-8-3-5-10-4-1-2-6-11(10)13/h1-6,8H,7,9H2/q+1. The number of halogens is 1. The van der Waals surface area contributed by atoms with E-state index in [0.29, 0.717) is 0 Å². The van der Waals surface area contributed by atoms with Gasteiger partial charge in [0.25, 0.3) is 0 Å². The Bertz CT molecular complexity index is 406. The molecule has 1 aromatic carbocycles. The zero-order valence-electron chi connectivity index (χ0n) is 7.28. The summed E-state index contributed by atoms with van der Waals surface area (Å²) < 4.78 is 2.25. The molecule has 0 unspecified atom stereocenters. The van der Waals surface area contributed by atoms with Gasteiger partial charge in [-0.2, -0.15) is 4.57 Å². The highest BCUT2D eigenvalue weighted by Gasteiger charge is 2.04. The van der Waals surface area contributed by atoms with E-state index in [1.165, 1.54) is 10.9 Å². The number of aromatic nitrogens is 1. The third kappa shape index (κ3) is 1.73. The van der Waals surface area contributed by atoms with E-state index in [1.807, 2.05) is 0 Å². The van der Waals surface area contributed by atoms with Crippen LogP contribution in [0.15, 0.2) is 42.6 Å². The van der Waals surface area contributed by atoms with Crippen molar-refractivity contribution in [1.29, 1.82) is 0 Å². The van der Waals surface area contributed by atoms with Crippen molar-refractivity contribution in [2.45, 2.75) is 6.54 Å². The summed E-state index contributed by atoms with van der Waals surface area (Å²) in [5, 5.41) is 2.29. The maximum absolute atomic E-state index is 3.45. The van der Waals surface area contributed by atoms with Crippen molar-refractivity contribution < 1.29 is 4.57 Å². The molecule has 0 atom stereocenters. The van der Waals surface area contributed by atoms with E-state index in [4.69, 9.17) is 0 Å². The van der Waals surface area contributed by atoms with E-state index in [0.717, 1.165) is 11.9 Å². The number of benzene rings is 1. The monoisotopic (exact) mass is 236 g/mol. The molecule has 0 saturated heterocycles. The molecule has 0 saturated carbocycles. The molecule has 0 N–H and O–H groups in total. The van der Waals surface area contributed by atoms with Crippen molar-refractivity contribution in [2.75, 3.05) is 5.33 Å². The Hall–Kier alpha value is -0.890. The first-order valence-corrected chi connectivity index (χ1v) is 5.47. The summed E-state index contributed by atoms with van der Waals surface area (Å²) in [5.41, 5.74) is 1.30. The first-order chi connectivity index (χ1) is 6.42. The maximum atomic E-state index is 3.45. The summed E-state index contributed by atoms with van der Waals surface area (Å²) in [4.78, 5) is 0. The Morgan fingerprint density at radius 2 is 1.85 bits per heavy atom. The van der Waals surface area contributed by atoms with Crippen LogP contribution in [0.3, 0.4) is 0 Å². The van der Waals surface area contributed by atoms with Gasteiger partial charge in [-0.15, -0.1) is 0 Å². The van der Waals surface area contributed by atoms with Crippen LogP contribution in [-0.4, -0.2) is 5.33 Å². The number of rotatable bonds is 2. The zero-order chi connectivity index (χ0) is 9.10. The van der Waals surface area contributed by atoms with E-state index in [1.54, 1.807) is 0 Å². The number of hydrogen-bond donors (Lipinski definition) is 0. The quantitative estimate of drug-likeness (QED) is 0.558. The van der Waals surface area contributed by atoms with Gasteiger partial charge in [-0.3, -0.25) is 0 Å². The van der Waals surface area contributed by atoms with E-state index in [2.05, 4.69) is 63.1 Å². The van der Waals surface area contributed by atoms with Crippen LogP contribution >= 0.6 is 15.9 Å². The Morgan fingerprint density at radius 1 is 1.08 bits per heavy atom. The van der Waals surface area contributed by atoms with Gasteiger partial charge in [0.15, 0.2) is 12.7 Å². The highest BCUT2D eigenvalue weighted by atomic mass is 79.9. The van der Waals surface area contributed by atoms with Gasteiger partial charge in [-0.05, 0) is 12.1 Å². The fraction of sp³-hybridized carbons (Fsp3) is 0.182. The SMILES string of the molecule is BrCC[n+]1cccc2ccccc21. The number of hydrogen-bond acceptors (Lipinski definition) is 0. The molecule has 2 heteroatoms. The van der Waals surface area contributed by atoms with Crippen molar-refractivity contribution in [3.63, 3.8) is 0 Å². The molecule has 1 aromatic heterocycles. The Kier molecular flexibility index (Phi) is 2.60. The summed E-state index contributed by atoms with van der Waals surface area (Å²) in [6.45, 7) is 1.02. The van der Waals surface area contributed by atoms with Crippen LogP contribution in [0.1, 0.15) is 0 Å². The summed E-state index contributed by atoms with van der Waals surface area (Å²) in [6.07, 6.45) is 2.11. The largest absolute Gasteiger partial charge is 0.212 e. The molecule has 2 rings (SSSR count). The fourth-order valence-electron chi connectivity index (χ4n) is 1.51. The molecule has 1 heterocycles. The first kappa shape index (κ1) is 8.70. The fourth-order valence-corrected chi connectivity index (χ4v) is 1.89. The average Bonchev–Trinajstić information content (AvgIpc) is 2.19. The predicted octanol–water partition coefficient (Wildman–Crippen LogP) is 2.52. The number of fused-ring (bicyclic) bond motifs is 1. The Labute approximate surface area is 86.1 Å². The van der Waals surface area contributed by atoms with Crippen LogP contribution in [0, 0.1) is 0 Å². The minimum absolute atomic E-state index is 0.992. The zero-order valence-corrected chi connectivity index (χ0v) is 8.87. The summed E-state index contributed by atoms with van der Waals surface area (Å²) >= 11 is 3.45. The van der Waals surface area contributed by atoms with E-state index < -0.39 is 0 Å². The van der Waals surface area contributed by atoms with Crippen LogP contribution in [0.5, 0.6) is 0 Å². The molecule has 0 fully saturated rings. The van der Waals surface area contributed by atoms with Crippen LogP contribution < -0.4 is 4.57 Å². The second-order valence-electron chi connectivity index (χ2n) is 2.95. The molecule has 0 aliphatic heterocycles.